The summed E-state index contributed by atoms with van der Waals surface area (Å²) in [4.78, 5) is 0. The molecule has 0 aliphatic rings. The van der Waals surface area contributed by atoms with Gasteiger partial charge in [0, 0.05) is 0 Å². The SMILES string of the molecule is N#CCc1cc(F)c(F)c(C#N)c1. The van der Waals surface area contributed by atoms with E-state index < -0.39 is 11.6 Å². The third kappa shape index (κ3) is 1.80. The number of hydrogen-bond donors (Lipinski definition) is 0. The van der Waals surface area contributed by atoms with Gasteiger partial charge in [-0.2, -0.15) is 10.5 Å². The summed E-state index contributed by atoms with van der Waals surface area (Å²) >= 11 is 0. The molecule has 0 N–H and O–H groups in total. The van der Waals surface area contributed by atoms with E-state index in [0.29, 0.717) is 5.56 Å². The molecule has 0 fully saturated rings. The molecule has 2 nitrogen and oxygen atoms in total. The number of hydrogen-bond acceptors (Lipinski definition) is 2. The van der Waals surface area contributed by atoms with Crippen molar-refractivity contribution < 1.29 is 8.78 Å². The average molecular weight is 178 g/mol. The predicted molar refractivity (Wildman–Crippen MR) is 40.4 cm³/mol. The largest absolute Gasteiger partial charge is 0.204 e. The van der Waals surface area contributed by atoms with E-state index in [-0.39, 0.29) is 12.0 Å². The molecule has 1 aromatic carbocycles. The van der Waals surface area contributed by atoms with E-state index >= 15 is 0 Å². The van der Waals surface area contributed by atoms with Gasteiger partial charge >= 0.3 is 0 Å². The van der Waals surface area contributed by atoms with Crippen molar-refractivity contribution in [1.82, 2.24) is 0 Å². The molecule has 0 bridgehead atoms. The van der Waals surface area contributed by atoms with Gasteiger partial charge in [-0.1, -0.05) is 0 Å². The lowest BCUT2D eigenvalue weighted by Gasteiger charge is -1.98. The van der Waals surface area contributed by atoms with Gasteiger partial charge in [-0.15, -0.1) is 0 Å². The zero-order chi connectivity index (χ0) is 9.84. The Bertz CT molecular complexity index is 413. The molecule has 0 heterocycles. The van der Waals surface area contributed by atoms with Crippen molar-refractivity contribution in [1.29, 1.82) is 10.5 Å². The molecule has 0 spiro atoms. The Balaban J connectivity index is 3.26. The fourth-order valence-electron chi connectivity index (χ4n) is 0.920. The summed E-state index contributed by atoms with van der Waals surface area (Å²) in [6.07, 6.45) is -0.0358. The van der Waals surface area contributed by atoms with Crippen LogP contribution in [0.3, 0.4) is 0 Å². The van der Waals surface area contributed by atoms with Crippen LogP contribution in [0.25, 0.3) is 0 Å². The minimum absolute atomic E-state index is 0.0358. The molecule has 1 aromatic rings. The molecule has 13 heavy (non-hydrogen) atoms. The van der Waals surface area contributed by atoms with Crippen LogP contribution in [0.1, 0.15) is 11.1 Å². The monoisotopic (exact) mass is 178 g/mol. The lowest BCUT2D eigenvalue weighted by atomic mass is 10.1. The quantitative estimate of drug-likeness (QED) is 0.659. The van der Waals surface area contributed by atoms with Crippen molar-refractivity contribution in [2.24, 2.45) is 0 Å². The summed E-state index contributed by atoms with van der Waals surface area (Å²) in [6, 6.07) is 5.38. The zero-order valence-corrected chi connectivity index (χ0v) is 6.51. The maximum Gasteiger partial charge on any atom is 0.176 e. The fraction of sp³-hybridized carbons (Fsp3) is 0.111. The normalized spacial score (nSPS) is 8.92. The van der Waals surface area contributed by atoms with Gasteiger partial charge in [0.25, 0.3) is 0 Å². The summed E-state index contributed by atoms with van der Waals surface area (Å²) in [5.41, 5.74) is -0.0665. The second kappa shape index (κ2) is 3.64. The van der Waals surface area contributed by atoms with Crippen molar-refractivity contribution in [3.63, 3.8) is 0 Å². The molecule has 0 radical (unpaired) electrons. The smallest absolute Gasteiger partial charge is 0.176 e. The molecule has 0 saturated heterocycles. The van der Waals surface area contributed by atoms with Crippen molar-refractivity contribution in [3.05, 3.63) is 34.9 Å². The number of benzene rings is 1. The van der Waals surface area contributed by atoms with Crippen molar-refractivity contribution in [3.8, 4) is 12.1 Å². The topological polar surface area (TPSA) is 47.6 Å². The van der Waals surface area contributed by atoms with Crippen LogP contribution in [0.15, 0.2) is 12.1 Å². The van der Waals surface area contributed by atoms with Crippen LogP contribution in [0, 0.1) is 34.3 Å². The van der Waals surface area contributed by atoms with Crippen LogP contribution in [-0.2, 0) is 6.42 Å². The molecule has 0 aliphatic carbocycles. The van der Waals surface area contributed by atoms with E-state index in [1.807, 2.05) is 0 Å². The maximum atomic E-state index is 12.7. The molecule has 64 valence electrons. The van der Waals surface area contributed by atoms with Gasteiger partial charge in [0.2, 0.25) is 0 Å². The summed E-state index contributed by atoms with van der Waals surface area (Å²) in [7, 11) is 0. The third-order valence-electron chi connectivity index (χ3n) is 1.49. The van der Waals surface area contributed by atoms with Gasteiger partial charge in [0.05, 0.1) is 18.1 Å². The van der Waals surface area contributed by atoms with Crippen LogP contribution < -0.4 is 0 Å². The Morgan fingerprint density at radius 3 is 2.46 bits per heavy atom. The zero-order valence-electron chi connectivity index (χ0n) is 6.51. The second-order valence-electron chi connectivity index (χ2n) is 2.39. The standard InChI is InChI=1S/C9H4F2N2/c10-8-4-6(1-2-12)3-7(5-13)9(8)11/h3-4H,1H2. The van der Waals surface area contributed by atoms with Crippen molar-refractivity contribution in [2.45, 2.75) is 6.42 Å². The van der Waals surface area contributed by atoms with E-state index in [4.69, 9.17) is 10.5 Å². The highest BCUT2D eigenvalue weighted by molar-refractivity contribution is 5.36. The van der Waals surface area contributed by atoms with Crippen molar-refractivity contribution >= 4 is 0 Å². The minimum atomic E-state index is -1.16. The van der Waals surface area contributed by atoms with Crippen LogP contribution >= 0.6 is 0 Å². The van der Waals surface area contributed by atoms with E-state index in [2.05, 4.69) is 0 Å². The molecule has 0 aromatic heterocycles. The minimum Gasteiger partial charge on any atom is -0.204 e. The molecule has 0 aliphatic heterocycles. The summed E-state index contributed by atoms with van der Waals surface area (Å²) in [6.45, 7) is 0. The predicted octanol–water partition coefficient (Wildman–Crippen LogP) is 1.90. The first kappa shape index (κ1) is 9.15. The van der Waals surface area contributed by atoms with Gasteiger partial charge in [0.1, 0.15) is 6.07 Å². The Labute approximate surface area is 73.6 Å². The van der Waals surface area contributed by atoms with Gasteiger partial charge in [-0.3, -0.25) is 0 Å². The highest BCUT2D eigenvalue weighted by atomic mass is 19.2. The third-order valence-corrected chi connectivity index (χ3v) is 1.49. The number of rotatable bonds is 1. The van der Waals surface area contributed by atoms with Crippen LogP contribution in [0.4, 0.5) is 8.78 Å². The number of halogens is 2. The average Bonchev–Trinajstić information content (AvgIpc) is 2.11. The van der Waals surface area contributed by atoms with E-state index in [1.165, 1.54) is 12.1 Å². The summed E-state index contributed by atoms with van der Waals surface area (Å²) < 4.78 is 25.5. The molecular formula is C9H4F2N2. The molecule has 4 heteroatoms. The van der Waals surface area contributed by atoms with Gasteiger partial charge < -0.3 is 0 Å². The molecular weight excluding hydrogens is 174 g/mol. The maximum absolute atomic E-state index is 12.7. The van der Waals surface area contributed by atoms with Gasteiger partial charge in [-0.05, 0) is 17.7 Å². The summed E-state index contributed by atoms with van der Waals surface area (Å²) in [5, 5.41) is 16.7. The number of nitrogens with zero attached hydrogens (tertiary/aromatic N) is 2. The Morgan fingerprint density at radius 1 is 1.23 bits per heavy atom. The fourth-order valence-corrected chi connectivity index (χ4v) is 0.920. The molecule has 0 atom stereocenters. The lowest BCUT2D eigenvalue weighted by molar-refractivity contribution is 0.505. The highest BCUT2D eigenvalue weighted by Crippen LogP contribution is 2.14. The first-order valence-electron chi connectivity index (χ1n) is 3.44. The first-order chi connectivity index (χ1) is 6.19. The number of nitriles is 2. The lowest BCUT2D eigenvalue weighted by Crippen LogP contribution is -1.93. The highest BCUT2D eigenvalue weighted by Gasteiger charge is 2.09. The summed E-state index contributed by atoms with van der Waals surface area (Å²) in [5.74, 6) is -2.26. The van der Waals surface area contributed by atoms with E-state index in [1.54, 1.807) is 6.07 Å². The molecule has 0 saturated carbocycles. The second-order valence-corrected chi connectivity index (χ2v) is 2.39. The van der Waals surface area contributed by atoms with Crippen LogP contribution in [0.5, 0.6) is 0 Å². The Kier molecular flexibility index (Phi) is 2.56. The van der Waals surface area contributed by atoms with Gasteiger partial charge in [0.15, 0.2) is 11.6 Å². The van der Waals surface area contributed by atoms with Crippen LogP contribution in [0.2, 0.25) is 0 Å². The molecule has 0 unspecified atom stereocenters. The van der Waals surface area contributed by atoms with Crippen molar-refractivity contribution in [2.75, 3.05) is 0 Å². The van der Waals surface area contributed by atoms with E-state index in [9.17, 15) is 8.78 Å². The van der Waals surface area contributed by atoms with Crippen LogP contribution in [-0.4, -0.2) is 0 Å². The molecule has 1 rings (SSSR count). The Morgan fingerprint density at radius 2 is 1.92 bits per heavy atom. The van der Waals surface area contributed by atoms with Gasteiger partial charge in [-0.25, -0.2) is 8.78 Å². The molecule has 0 amide bonds. The van der Waals surface area contributed by atoms with E-state index in [0.717, 1.165) is 6.07 Å². The Hall–Kier alpha value is -1.94. The first-order valence-corrected chi connectivity index (χ1v) is 3.44.